The third-order valence-corrected chi connectivity index (χ3v) is 7.53. The first-order valence-corrected chi connectivity index (χ1v) is 10.1. The van der Waals surface area contributed by atoms with Gasteiger partial charge in [-0.15, -0.1) is 5.98 Å². The van der Waals surface area contributed by atoms with Crippen molar-refractivity contribution in [1.29, 1.82) is 0 Å². The quantitative estimate of drug-likeness (QED) is 0.383. The van der Waals surface area contributed by atoms with Crippen molar-refractivity contribution in [1.82, 2.24) is 0 Å². The molecule has 1 saturated carbocycles. The van der Waals surface area contributed by atoms with Gasteiger partial charge in [0, 0.05) is 5.92 Å². The lowest BCUT2D eigenvalue weighted by molar-refractivity contribution is -0.160. The lowest BCUT2D eigenvalue weighted by Gasteiger charge is -2.40. The molecule has 7 atom stereocenters. The molecule has 1 aliphatic heterocycles. The minimum atomic E-state index is -3.74. The van der Waals surface area contributed by atoms with Gasteiger partial charge < -0.3 is 0 Å². The summed E-state index contributed by atoms with van der Waals surface area (Å²) < 4.78 is 62.2. The first-order chi connectivity index (χ1) is 12.3. The molecule has 0 N–H and O–H groups in total. The monoisotopic (exact) mass is 382 g/mol. The maximum absolute atomic E-state index is 15.9. The predicted octanol–water partition coefficient (Wildman–Crippen LogP) is 6.41. The minimum absolute atomic E-state index is 0.0815. The molecule has 0 bridgehead atoms. The van der Waals surface area contributed by atoms with E-state index in [2.05, 4.69) is 6.92 Å². The Hall–Kier alpha value is -0.995. The van der Waals surface area contributed by atoms with Crippen molar-refractivity contribution >= 4 is 7.28 Å². The van der Waals surface area contributed by atoms with Gasteiger partial charge in [0.25, 0.3) is 5.92 Å². The van der Waals surface area contributed by atoms with E-state index in [0.29, 0.717) is 25.1 Å². The SMILES string of the molecule is CC1=CCC(C2C(C3=CBC(C)CC3C)C(F)(F)[C@@](C)(F)C2(C)F)C(C)=C1. The van der Waals surface area contributed by atoms with Crippen LogP contribution in [0.5, 0.6) is 0 Å². The van der Waals surface area contributed by atoms with Gasteiger partial charge >= 0.3 is 0 Å². The zero-order chi connectivity index (χ0) is 20.4. The molecule has 5 heteroatoms. The normalized spacial score (nSPS) is 47.0. The van der Waals surface area contributed by atoms with Gasteiger partial charge in [-0.3, -0.25) is 0 Å². The Bertz CT molecular complexity index is 701. The van der Waals surface area contributed by atoms with Crippen LogP contribution in [0.25, 0.3) is 0 Å². The van der Waals surface area contributed by atoms with Crippen LogP contribution in [-0.2, 0) is 0 Å². The van der Waals surface area contributed by atoms with Crippen molar-refractivity contribution < 1.29 is 17.6 Å². The summed E-state index contributed by atoms with van der Waals surface area (Å²) in [6, 6.07) is 0. The summed E-state index contributed by atoms with van der Waals surface area (Å²) in [6.45, 7) is 9.64. The number of allylic oxidation sites excluding steroid dienone is 5. The maximum atomic E-state index is 15.9. The summed E-state index contributed by atoms with van der Waals surface area (Å²) in [4.78, 5) is 0. The molecule has 0 aromatic rings. The minimum Gasteiger partial charge on any atom is -0.240 e. The van der Waals surface area contributed by atoms with Crippen LogP contribution < -0.4 is 0 Å². The van der Waals surface area contributed by atoms with E-state index in [1.807, 2.05) is 38.9 Å². The van der Waals surface area contributed by atoms with E-state index < -0.39 is 35.0 Å². The molecule has 0 nitrogen and oxygen atoms in total. The molecule has 0 saturated heterocycles. The van der Waals surface area contributed by atoms with Gasteiger partial charge in [-0.05, 0) is 46.0 Å². The van der Waals surface area contributed by atoms with Crippen LogP contribution in [0, 0.1) is 23.7 Å². The predicted molar refractivity (Wildman–Crippen MR) is 105 cm³/mol. The first kappa shape index (κ1) is 20.7. The smallest absolute Gasteiger partial charge is 0.240 e. The highest BCUT2D eigenvalue weighted by Gasteiger charge is 2.78. The molecule has 150 valence electrons. The molecule has 0 amide bonds. The van der Waals surface area contributed by atoms with Crippen molar-refractivity contribution in [3.05, 3.63) is 34.8 Å². The van der Waals surface area contributed by atoms with Crippen molar-refractivity contribution in [2.45, 2.75) is 77.5 Å². The number of hydrogen-bond donors (Lipinski definition) is 0. The molecule has 0 aromatic heterocycles. The van der Waals surface area contributed by atoms with E-state index in [-0.39, 0.29) is 5.92 Å². The van der Waals surface area contributed by atoms with E-state index in [1.54, 1.807) is 0 Å². The number of rotatable bonds is 2. The van der Waals surface area contributed by atoms with Crippen molar-refractivity contribution in [2.75, 3.05) is 0 Å². The van der Waals surface area contributed by atoms with Crippen molar-refractivity contribution in [3.8, 4) is 0 Å². The lowest BCUT2D eigenvalue weighted by Crippen LogP contribution is -2.51. The van der Waals surface area contributed by atoms with Crippen molar-refractivity contribution in [2.24, 2.45) is 23.7 Å². The first-order valence-electron chi connectivity index (χ1n) is 10.1. The standard InChI is InChI=1S/C22H31BF4/c1-12-7-8-16(13(2)9-12)18-19(17-11-23-15(4)10-14(17)3)22(26,27)21(6,25)20(18,5)24/h7,9,11,14-16,18-19,23H,8,10H2,1-6H3/t14?,15?,16?,18?,19?,20?,21-/m0/s1. The van der Waals surface area contributed by atoms with E-state index >= 15 is 17.6 Å². The van der Waals surface area contributed by atoms with Gasteiger partial charge in [-0.2, -0.15) is 0 Å². The van der Waals surface area contributed by atoms with Crippen LogP contribution in [0.3, 0.4) is 0 Å². The third-order valence-electron chi connectivity index (χ3n) is 7.53. The molecular weight excluding hydrogens is 351 g/mol. The Morgan fingerprint density at radius 2 is 1.70 bits per heavy atom. The third kappa shape index (κ3) is 2.95. The Labute approximate surface area is 161 Å². The van der Waals surface area contributed by atoms with Gasteiger partial charge in [-0.1, -0.05) is 55.0 Å². The molecule has 27 heavy (non-hydrogen) atoms. The summed E-state index contributed by atoms with van der Waals surface area (Å²) >= 11 is 0. The summed E-state index contributed by atoms with van der Waals surface area (Å²) in [5.41, 5.74) is -3.32. The molecule has 0 radical (unpaired) electrons. The molecule has 3 aliphatic rings. The second-order valence-corrected chi connectivity index (χ2v) is 9.57. The maximum Gasteiger partial charge on any atom is 0.291 e. The average Bonchev–Trinajstić information content (AvgIpc) is 2.63. The van der Waals surface area contributed by atoms with E-state index in [9.17, 15) is 0 Å². The molecule has 1 heterocycles. The van der Waals surface area contributed by atoms with E-state index in [4.69, 9.17) is 0 Å². The molecule has 1 fully saturated rings. The van der Waals surface area contributed by atoms with Crippen LogP contribution in [0.2, 0.25) is 5.82 Å². The van der Waals surface area contributed by atoms with Crippen LogP contribution in [0.4, 0.5) is 17.6 Å². The highest BCUT2D eigenvalue weighted by molar-refractivity contribution is 6.44. The molecule has 0 spiro atoms. The fourth-order valence-corrected chi connectivity index (χ4v) is 5.76. The second kappa shape index (κ2) is 6.52. The van der Waals surface area contributed by atoms with E-state index in [0.717, 1.165) is 31.4 Å². The summed E-state index contributed by atoms with van der Waals surface area (Å²) in [5.74, 6) is -4.45. The molecule has 6 unspecified atom stereocenters. The lowest BCUT2D eigenvalue weighted by atomic mass is 9.54. The van der Waals surface area contributed by atoms with Crippen molar-refractivity contribution in [3.63, 3.8) is 0 Å². The van der Waals surface area contributed by atoms with Gasteiger partial charge in [0.15, 0.2) is 12.9 Å². The number of hydrogen-bond acceptors (Lipinski definition) is 0. The molecule has 2 aliphatic carbocycles. The summed E-state index contributed by atoms with van der Waals surface area (Å²) in [6.07, 6.45) is 5.15. The highest BCUT2D eigenvalue weighted by atomic mass is 19.3. The van der Waals surface area contributed by atoms with Gasteiger partial charge in [-0.25, -0.2) is 17.6 Å². The zero-order valence-corrected chi connectivity index (χ0v) is 17.3. The Morgan fingerprint density at radius 3 is 2.26 bits per heavy atom. The highest BCUT2D eigenvalue weighted by Crippen LogP contribution is 2.66. The average molecular weight is 382 g/mol. The Balaban J connectivity index is 2.14. The van der Waals surface area contributed by atoms with E-state index in [1.165, 1.54) is 0 Å². The van der Waals surface area contributed by atoms with Crippen LogP contribution in [0.1, 0.15) is 54.4 Å². The zero-order valence-electron chi connectivity index (χ0n) is 17.3. The van der Waals surface area contributed by atoms with Gasteiger partial charge in [0.05, 0.1) is 5.92 Å². The van der Waals surface area contributed by atoms with Crippen LogP contribution in [-0.4, -0.2) is 24.5 Å². The number of alkyl halides is 4. The largest absolute Gasteiger partial charge is 0.291 e. The van der Waals surface area contributed by atoms with Crippen LogP contribution in [0.15, 0.2) is 34.8 Å². The summed E-state index contributed by atoms with van der Waals surface area (Å²) in [7, 11) is 0.698. The topological polar surface area (TPSA) is 0 Å². The summed E-state index contributed by atoms with van der Waals surface area (Å²) in [5, 5.41) is 0. The molecule has 0 aromatic carbocycles. The van der Waals surface area contributed by atoms with Gasteiger partial charge in [0.2, 0.25) is 5.67 Å². The molecule has 3 rings (SSSR count). The van der Waals surface area contributed by atoms with Crippen LogP contribution >= 0.6 is 0 Å². The fraction of sp³-hybridized carbons (Fsp3) is 0.727. The Kier molecular flexibility index (Phi) is 5.01. The fourth-order valence-electron chi connectivity index (χ4n) is 5.76. The van der Waals surface area contributed by atoms with Gasteiger partial charge in [0.1, 0.15) is 0 Å². The number of halogens is 4. The molecular formula is C22H31BF4. The Morgan fingerprint density at radius 1 is 1.07 bits per heavy atom. The second-order valence-electron chi connectivity index (χ2n) is 9.57.